The van der Waals surface area contributed by atoms with Gasteiger partial charge in [-0.1, -0.05) is 13.3 Å². The van der Waals surface area contributed by atoms with Crippen molar-refractivity contribution >= 4 is 33.8 Å². The molecule has 3 rings (SSSR count). The number of benzene rings is 1. The van der Waals surface area contributed by atoms with Gasteiger partial charge in [0.15, 0.2) is 10.9 Å². The second kappa shape index (κ2) is 10.1. The van der Waals surface area contributed by atoms with Crippen molar-refractivity contribution in [2.75, 3.05) is 0 Å². The molecule has 0 saturated carbocycles. The first-order chi connectivity index (χ1) is 12.8. The summed E-state index contributed by atoms with van der Waals surface area (Å²) < 4.78 is 6.94. The molecule has 29 heavy (non-hydrogen) atoms. The van der Waals surface area contributed by atoms with E-state index in [4.69, 9.17) is 4.42 Å². The Hall–Kier alpha value is -1.42. The molecule has 10 heteroatoms. The van der Waals surface area contributed by atoms with E-state index in [9.17, 15) is 29.4 Å². The van der Waals surface area contributed by atoms with Crippen LogP contribution in [-0.2, 0) is 13.0 Å². The fourth-order valence-corrected chi connectivity index (χ4v) is 3.34. The number of pyridine rings is 1. The number of aromatic nitrogens is 1. The summed E-state index contributed by atoms with van der Waals surface area (Å²) in [6, 6.07) is 3.25. The number of fused-ring (bicyclic) bond motifs is 2. The number of carboxylic acid groups (broad SMARTS) is 2. The van der Waals surface area contributed by atoms with Crippen LogP contribution in [-0.4, -0.2) is 26.7 Å². The summed E-state index contributed by atoms with van der Waals surface area (Å²) in [5.74, 6) is -3.15. The molecule has 0 saturated heterocycles. The number of rotatable bonds is 5. The summed E-state index contributed by atoms with van der Waals surface area (Å²) in [7, 11) is 0. The van der Waals surface area contributed by atoms with E-state index < -0.39 is 28.6 Å². The second-order valence-electron chi connectivity index (χ2n) is 6.10. The Bertz CT molecular complexity index is 1240. The largest absolute Gasteiger partial charge is 1.00 e. The fourth-order valence-electron chi connectivity index (χ4n) is 3.34. The van der Waals surface area contributed by atoms with Crippen molar-refractivity contribution in [1.29, 1.82) is 0 Å². The van der Waals surface area contributed by atoms with Gasteiger partial charge in [0.2, 0.25) is 5.76 Å². The average molecular weight is 419 g/mol. The van der Waals surface area contributed by atoms with E-state index in [1.54, 1.807) is 6.92 Å². The van der Waals surface area contributed by atoms with Crippen LogP contribution in [0.4, 0.5) is 0 Å². The van der Waals surface area contributed by atoms with Gasteiger partial charge in [0.1, 0.15) is 11.3 Å². The van der Waals surface area contributed by atoms with Crippen LogP contribution in [0.25, 0.3) is 21.9 Å². The van der Waals surface area contributed by atoms with E-state index >= 15 is 0 Å². The summed E-state index contributed by atoms with van der Waals surface area (Å²) in [6.45, 7) is 3.88. The maximum absolute atomic E-state index is 12.6. The van der Waals surface area contributed by atoms with Crippen molar-refractivity contribution < 1.29 is 86.2 Å². The molecule has 2 heterocycles. The Morgan fingerprint density at radius 3 is 2.14 bits per heavy atom. The van der Waals surface area contributed by atoms with Crippen LogP contribution in [0.1, 0.15) is 49.7 Å². The van der Waals surface area contributed by atoms with Gasteiger partial charge in [0.25, 0.3) is 0 Å². The third-order valence-corrected chi connectivity index (χ3v) is 4.43. The van der Waals surface area contributed by atoms with Gasteiger partial charge in [0, 0.05) is 29.6 Å². The number of hydrogen-bond donors (Lipinski definition) is 2. The Balaban J connectivity index is 0. The van der Waals surface area contributed by atoms with Gasteiger partial charge in [-0.3, -0.25) is 9.59 Å². The molecule has 0 aliphatic rings. The average Bonchev–Trinajstić information content (AvgIpc) is 2.62. The van der Waals surface area contributed by atoms with Gasteiger partial charge in [0.05, 0.1) is 10.9 Å². The molecule has 3 aromatic rings. The van der Waals surface area contributed by atoms with Crippen molar-refractivity contribution in [1.82, 2.24) is 4.57 Å². The zero-order valence-electron chi connectivity index (χ0n) is 18.7. The monoisotopic (exact) mass is 419 g/mol. The fraction of sp³-hybridized carbons (Fsp3) is 0.263. The smallest absolute Gasteiger partial charge is 1.00 e. The zero-order chi connectivity index (χ0) is 19.9. The van der Waals surface area contributed by atoms with Crippen LogP contribution < -0.4 is 70.0 Å². The van der Waals surface area contributed by atoms with Crippen molar-refractivity contribution in [2.45, 2.75) is 33.2 Å². The molecule has 144 valence electrons. The molecule has 0 amide bonds. The topological polar surface area (TPSA) is 127 Å². The van der Waals surface area contributed by atoms with Crippen molar-refractivity contribution in [2.24, 2.45) is 0 Å². The van der Waals surface area contributed by atoms with E-state index in [-0.39, 0.29) is 90.6 Å². The molecule has 0 unspecified atom stereocenters. The van der Waals surface area contributed by atoms with E-state index in [2.05, 4.69) is 0 Å². The first-order valence-electron chi connectivity index (χ1n) is 8.44. The number of carboxylic acids is 2. The molecule has 8 nitrogen and oxygen atoms in total. The van der Waals surface area contributed by atoms with E-state index in [1.807, 2.05) is 6.92 Å². The molecule has 0 aliphatic carbocycles. The van der Waals surface area contributed by atoms with Crippen LogP contribution in [0.2, 0.25) is 0 Å². The third-order valence-electron chi connectivity index (χ3n) is 4.43. The van der Waals surface area contributed by atoms with Gasteiger partial charge in [-0.15, -0.1) is 0 Å². The molecule has 2 aromatic heterocycles. The summed E-state index contributed by atoms with van der Waals surface area (Å²) in [5, 5.41) is 19.0. The minimum Gasteiger partial charge on any atom is -1.00 e. The molecule has 0 aliphatic heterocycles. The molecular formula is C19H19NNa2O7. The van der Waals surface area contributed by atoms with Gasteiger partial charge in [-0.05, 0) is 19.4 Å². The number of aromatic carboxylic acids is 2. The molecule has 2 N–H and O–H groups in total. The number of aryl methyl sites for hydroxylation is 2. The van der Waals surface area contributed by atoms with Crippen molar-refractivity contribution in [3.63, 3.8) is 0 Å². The minimum absolute atomic E-state index is 0. The van der Waals surface area contributed by atoms with Gasteiger partial charge < -0.3 is 22.1 Å². The minimum atomic E-state index is -1.39. The van der Waals surface area contributed by atoms with E-state index in [0.29, 0.717) is 23.9 Å². The van der Waals surface area contributed by atoms with Crippen molar-refractivity contribution in [3.05, 3.63) is 55.7 Å². The molecule has 1 aromatic carbocycles. The molecule has 0 spiro atoms. The SMILES string of the molecule is CCCc1c2oc(C(=O)O)cc(=O)c2cc2c(=O)cc(C(=O)O)n(CC)c12.[H-].[H-].[Na+].[Na+]. The summed E-state index contributed by atoms with van der Waals surface area (Å²) >= 11 is 0. The second-order valence-corrected chi connectivity index (χ2v) is 6.10. The summed E-state index contributed by atoms with van der Waals surface area (Å²) in [6.07, 6.45) is 0.993. The van der Waals surface area contributed by atoms with Gasteiger partial charge in [-0.25, -0.2) is 9.59 Å². The third kappa shape index (κ3) is 4.52. The van der Waals surface area contributed by atoms with Gasteiger partial charge in [-0.2, -0.15) is 0 Å². The normalized spacial score (nSPS) is 10.4. The van der Waals surface area contributed by atoms with Crippen LogP contribution in [0.15, 0.2) is 32.2 Å². The number of carbonyl (C=O) groups is 2. The standard InChI is InChI=1S/C19H17NO7.2Na.2H/c1-3-5-9-16-10(13(21)7-12(18(23)24)20(16)4-2)6-11-14(22)8-15(19(25)26)27-17(9)11;;;;/h6-8H,3-5H2,1-2H3,(H,23,24)(H,25,26);;;;/q;2*+1;2*-1. The van der Waals surface area contributed by atoms with Gasteiger partial charge >= 0.3 is 71.1 Å². The predicted octanol–water partition coefficient (Wildman–Crippen LogP) is -3.29. The van der Waals surface area contributed by atoms with E-state index in [0.717, 1.165) is 12.1 Å². The molecule has 0 fully saturated rings. The van der Waals surface area contributed by atoms with E-state index in [1.165, 1.54) is 10.6 Å². The molecule has 0 radical (unpaired) electrons. The maximum atomic E-state index is 12.6. The molecular weight excluding hydrogens is 400 g/mol. The summed E-state index contributed by atoms with van der Waals surface area (Å²) in [5.41, 5.74) is -0.401. The van der Waals surface area contributed by atoms with Crippen LogP contribution in [0.5, 0.6) is 0 Å². The van der Waals surface area contributed by atoms with Crippen molar-refractivity contribution in [3.8, 4) is 0 Å². The van der Waals surface area contributed by atoms with Crippen LogP contribution in [0, 0.1) is 0 Å². The quantitative estimate of drug-likeness (QED) is 0.328. The number of hydrogen-bond acceptors (Lipinski definition) is 5. The maximum Gasteiger partial charge on any atom is 1.00 e. The van der Waals surface area contributed by atoms with Crippen LogP contribution >= 0.6 is 0 Å². The number of nitrogens with zero attached hydrogens (tertiary/aromatic N) is 1. The first-order valence-corrected chi connectivity index (χ1v) is 8.44. The van der Waals surface area contributed by atoms with Crippen LogP contribution in [0.3, 0.4) is 0 Å². The Labute approximate surface area is 212 Å². The predicted molar refractivity (Wildman–Crippen MR) is 100 cm³/mol. The zero-order valence-corrected chi connectivity index (χ0v) is 20.7. The summed E-state index contributed by atoms with van der Waals surface area (Å²) in [4.78, 5) is 47.9. The molecule has 0 atom stereocenters. The first kappa shape index (κ1) is 25.6. The Morgan fingerprint density at radius 1 is 1.00 bits per heavy atom. The Kier molecular flexibility index (Phi) is 8.89. The Morgan fingerprint density at radius 2 is 1.62 bits per heavy atom. The molecule has 0 bridgehead atoms.